The monoisotopic (exact) mass is 240 g/mol. The van der Waals surface area contributed by atoms with Gasteiger partial charge in [-0.05, 0) is 39.2 Å². The standard InChI is InChI=1S/C13H24N2O2/c1-2-15(12-6-7-12)13(16)10-17-9-11-5-3-4-8-14-11/h11-12,14H,2-10H2,1H3. The van der Waals surface area contributed by atoms with Crippen LogP contribution in [-0.4, -0.2) is 49.2 Å². The Balaban J connectivity index is 1.61. The third-order valence-electron chi connectivity index (χ3n) is 3.61. The molecule has 98 valence electrons. The fraction of sp³-hybridized carbons (Fsp3) is 0.923. The van der Waals surface area contributed by atoms with Crippen molar-refractivity contribution in [1.29, 1.82) is 0 Å². The average molecular weight is 240 g/mol. The number of rotatable bonds is 6. The van der Waals surface area contributed by atoms with Crippen molar-refractivity contribution in [2.75, 3.05) is 26.3 Å². The zero-order valence-corrected chi connectivity index (χ0v) is 10.8. The van der Waals surface area contributed by atoms with E-state index < -0.39 is 0 Å². The summed E-state index contributed by atoms with van der Waals surface area (Å²) in [7, 11) is 0. The van der Waals surface area contributed by atoms with Crippen molar-refractivity contribution in [3.8, 4) is 0 Å². The second kappa shape index (κ2) is 6.36. The number of piperidine rings is 1. The minimum atomic E-state index is 0.158. The topological polar surface area (TPSA) is 41.6 Å². The number of likely N-dealkylation sites (N-methyl/N-ethyl adjacent to an activating group) is 1. The molecular weight excluding hydrogens is 216 g/mol. The Labute approximate surface area is 104 Å². The number of carbonyl (C=O) groups excluding carboxylic acids is 1. The summed E-state index contributed by atoms with van der Waals surface area (Å²) in [5.41, 5.74) is 0. The van der Waals surface area contributed by atoms with Crippen LogP contribution in [0.5, 0.6) is 0 Å². The highest BCUT2D eigenvalue weighted by molar-refractivity contribution is 5.78. The van der Waals surface area contributed by atoms with E-state index in [0.717, 1.165) is 13.1 Å². The zero-order valence-electron chi connectivity index (χ0n) is 10.8. The number of ether oxygens (including phenoxy) is 1. The molecule has 0 aromatic rings. The largest absolute Gasteiger partial charge is 0.370 e. The highest BCUT2D eigenvalue weighted by atomic mass is 16.5. The number of hydrogen-bond donors (Lipinski definition) is 1. The van der Waals surface area contributed by atoms with E-state index in [4.69, 9.17) is 4.74 Å². The third kappa shape index (κ3) is 3.96. The first kappa shape index (κ1) is 12.8. The fourth-order valence-corrected chi connectivity index (χ4v) is 2.46. The lowest BCUT2D eigenvalue weighted by Gasteiger charge is -2.24. The van der Waals surface area contributed by atoms with Gasteiger partial charge in [0.1, 0.15) is 6.61 Å². The van der Waals surface area contributed by atoms with Crippen molar-refractivity contribution in [3.05, 3.63) is 0 Å². The minimum Gasteiger partial charge on any atom is -0.370 e. The van der Waals surface area contributed by atoms with E-state index in [1.165, 1.54) is 32.1 Å². The van der Waals surface area contributed by atoms with Crippen LogP contribution in [-0.2, 0) is 9.53 Å². The van der Waals surface area contributed by atoms with Crippen LogP contribution < -0.4 is 5.32 Å². The van der Waals surface area contributed by atoms with Crippen LogP contribution in [0.4, 0.5) is 0 Å². The molecule has 0 radical (unpaired) electrons. The van der Waals surface area contributed by atoms with E-state index in [0.29, 0.717) is 18.7 Å². The lowest BCUT2D eigenvalue weighted by Crippen LogP contribution is -2.40. The molecule has 4 heteroatoms. The molecule has 1 heterocycles. The van der Waals surface area contributed by atoms with Crippen LogP contribution >= 0.6 is 0 Å². The molecule has 4 nitrogen and oxygen atoms in total. The van der Waals surface area contributed by atoms with Gasteiger partial charge in [0.2, 0.25) is 5.91 Å². The molecular formula is C13H24N2O2. The van der Waals surface area contributed by atoms with Gasteiger partial charge >= 0.3 is 0 Å². The van der Waals surface area contributed by atoms with Crippen LogP contribution in [0.25, 0.3) is 0 Å². The maximum atomic E-state index is 11.9. The summed E-state index contributed by atoms with van der Waals surface area (Å²) in [6.45, 7) is 4.87. The Hall–Kier alpha value is -0.610. The molecule has 2 aliphatic rings. The maximum Gasteiger partial charge on any atom is 0.248 e. The zero-order chi connectivity index (χ0) is 12.1. The average Bonchev–Trinajstić information content (AvgIpc) is 3.16. The summed E-state index contributed by atoms with van der Waals surface area (Å²) in [4.78, 5) is 13.8. The number of nitrogens with zero attached hydrogens (tertiary/aromatic N) is 1. The highest BCUT2D eigenvalue weighted by Gasteiger charge is 2.31. The molecule has 0 spiro atoms. The van der Waals surface area contributed by atoms with Gasteiger partial charge in [0.05, 0.1) is 6.61 Å². The van der Waals surface area contributed by atoms with Crippen molar-refractivity contribution in [2.45, 2.75) is 51.1 Å². The van der Waals surface area contributed by atoms with Crippen molar-refractivity contribution in [3.63, 3.8) is 0 Å². The van der Waals surface area contributed by atoms with Gasteiger partial charge in [-0.1, -0.05) is 6.42 Å². The smallest absolute Gasteiger partial charge is 0.248 e. The van der Waals surface area contributed by atoms with Crippen LogP contribution in [0, 0.1) is 0 Å². The molecule has 1 unspecified atom stereocenters. The van der Waals surface area contributed by atoms with Gasteiger partial charge in [0, 0.05) is 18.6 Å². The first-order valence-electron chi connectivity index (χ1n) is 6.92. The lowest BCUT2D eigenvalue weighted by molar-refractivity contribution is -0.136. The Bertz CT molecular complexity index is 248. The first-order chi connectivity index (χ1) is 8.31. The summed E-state index contributed by atoms with van der Waals surface area (Å²) in [5, 5.41) is 3.42. The summed E-state index contributed by atoms with van der Waals surface area (Å²) in [6.07, 6.45) is 6.06. The normalized spacial score (nSPS) is 24.6. The minimum absolute atomic E-state index is 0.158. The SMILES string of the molecule is CCN(C(=O)COCC1CCCCN1)C1CC1. The fourth-order valence-electron chi connectivity index (χ4n) is 2.46. The molecule has 1 aliphatic carbocycles. The van der Waals surface area contributed by atoms with Gasteiger partial charge in [-0.3, -0.25) is 4.79 Å². The van der Waals surface area contributed by atoms with Crippen LogP contribution in [0.15, 0.2) is 0 Å². The Morgan fingerprint density at radius 1 is 1.35 bits per heavy atom. The molecule has 17 heavy (non-hydrogen) atoms. The number of nitrogens with one attached hydrogen (secondary N) is 1. The summed E-state index contributed by atoms with van der Waals surface area (Å²) in [6, 6.07) is 0.955. The molecule has 1 N–H and O–H groups in total. The van der Waals surface area contributed by atoms with Gasteiger partial charge in [-0.15, -0.1) is 0 Å². The maximum absolute atomic E-state index is 11.9. The molecule has 1 amide bonds. The quantitative estimate of drug-likeness (QED) is 0.757. The molecule has 1 saturated heterocycles. The predicted molar refractivity (Wildman–Crippen MR) is 66.9 cm³/mol. The van der Waals surface area contributed by atoms with Crippen molar-refractivity contribution < 1.29 is 9.53 Å². The Morgan fingerprint density at radius 3 is 2.76 bits per heavy atom. The van der Waals surface area contributed by atoms with E-state index in [9.17, 15) is 4.79 Å². The molecule has 2 rings (SSSR count). The molecule has 1 atom stereocenters. The van der Waals surface area contributed by atoms with Crippen molar-refractivity contribution in [1.82, 2.24) is 10.2 Å². The highest BCUT2D eigenvalue weighted by Crippen LogP contribution is 2.26. The Morgan fingerprint density at radius 2 is 2.18 bits per heavy atom. The second-order valence-corrected chi connectivity index (χ2v) is 5.07. The summed E-state index contributed by atoms with van der Waals surface area (Å²) in [5.74, 6) is 0.158. The predicted octanol–water partition coefficient (Wildman–Crippen LogP) is 1.16. The first-order valence-corrected chi connectivity index (χ1v) is 6.92. The molecule has 1 saturated carbocycles. The molecule has 0 aromatic carbocycles. The van der Waals surface area contributed by atoms with Gasteiger partial charge in [-0.2, -0.15) is 0 Å². The van der Waals surface area contributed by atoms with Crippen LogP contribution in [0.1, 0.15) is 39.0 Å². The Kier molecular flexibility index (Phi) is 4.80. The van der Waals surface area contributed by atoms with E-state index >= 15 is 0 Å². The number of carbonyl (C=O) groups is 1. The molecule has 2 fully saturated rings. The molecule has 0 aromatic heterocycles. The van der Waals surface area contributed by atoms with Crippen molar-refractivity contribution >= 4 is 5.91 Å². The van der Waals surface area contributed by atoms with E-state index in [2.05, 4.69) is 5.32 Å². The van der Waals surface area contributed by atoms with Crippen LogP contribution in [0.2, 0.25) is 0 Å². The van der Waals surface area contributed by atoms with Gasteiger partial charge in [0.25, 0.3) is 0 Å². The van der Waals surface area contributed by atoms with Crippen molar-refractivity contribution in [2.24, 2.45) is 0 Å². The van der Waals surface area contributed by atoms with Gasteiger partial charge in [-0.25, -0.2) is 0 Å². The number of hydrogen-bond acceptors (Lipinski definition) is 3. The van der Waals surface area contributed by atoms with Gasteiger partial charge in [0.15, 0.2) is 0 Å². The van der Waals surface area contributed by atoms with Crippen LogP contribution in [0.3, 0.4) is 0 Å². The van der Waals surface area contributed by atoms with Gasteiger partial charge < -0.3 is 15.0 Å². The summed E-state index contributed by atoms with van der Waals surface area (Å²) < 4.78 is 5.54. The number of amides is 1. The van der Waals surface area contributed by atoms with E-state index in [1.54, 1.807) is 0 Å². The lowest BCUT2D eigenvalue weighted by atomic mass is 10.1. The molecule has 1 aliphatic heterocycles. The second-order valence-electron chi connectivity index (χ2n) is 5.07. The van der Waals surface area contributed by atoms with E-state index in [1.807, 2.05) is 11.8 Å². The van der Waals surface area contributed by atoms with E-state index in [-0.39, 0.29) is 12.5 Å². The third-order valence-corrected chi connectivity index (χ3v) is 3.61. The molecule has 0 bridgehead atoms. The summed E-state index contributed by atoms with van der Waals surface area (Å²) >= 11 is 0.